The minimum atomic E-state index is 0.497. The largest absolute Gasteiger partial charge is 0.397 e. The molecule has 1 saturated carbocycles. The predicted octanol–water partition coefficient (Wildman–Crippen LogP) is 4.33. The molecule has 100 valence electrons. The first-order valence-corrected chi connectivity index (χ1v) is 7.05. The summed E-state index contributed by atoms with van der Waals surface area (Å²) >= 11 is 6.06. The molecule has 0 saturated heterocycles. The third-order valence-corrected chi connectivity index (χ3v) is 4.46. The van der Waals surface area contributed by atoms with Crippen molar-refractivity contribution in [3.63, 3.8) is 0 Å². The molecule has 0 aromatic heterocycles. The Balaban J connectivity index is 2.12. The Labute approximate surface area is 115 Å². The lowest BCUT2D eigenvalue weighted by atomic mass is 9.75. The van der Waals surface area contributed by atoms with E-state index in [-0.39, 0.29) is 0 Å². The van der Waals surface area contributed by atoms with E-state index in [0.717, 1.165) is 16.4 Å². The Morgan fingerprint density at radius 3 is 2.50 bits per heavy atom. The minimum absolute atomic E-state index is 0.497. The number of anilines is 2. The highest BCUT2D eigenvalue weighted by Crippen LogP contribution is 2.39. The van der Waals surface area contributed by atoms with Crippen LogP contribution in [0.2, 0.25) is 5.02 Å². The van der Waals surface area contributed by atoms with Gasteiger partial charge in [-0.1, -0.05) is 25.4 Å². The van der Waals surface area contributed by atoms with Crippen molar-refractivity contribution in [3.05, 3.63) is 23.2 Å². The van der Waals surface area contributed by atoms with Gasteiger partial charge in [0.05, 0.1) is 11.4 Å². The van der Waals surface area contributed by atoms with E-state index in [1.807, 2.05) is 18.2 Å². The van der Waals surface area contributed by atoms with E-state index in [0.29, 0.717) is 11.5 Å². The first-order valence-electron chi connectivity index (χ1n) is 6.67. The number of benzene rings is 1. The molecular weight excluding hydrogens is 244 g/mol. The van der Waals surface area contributed by atoms with E-state index in [4.69, 9.17) is 17.3 Å². The lowest BCUT2D eigenvalue weighted by Gasteiger charge is -2.40. The van der Waals surface area contributed by atoms with Crippen molar-refractivity contribution >= 4 is 23.0 Å². The lowest BCUT2D eigenvalue weighted by Crippen LogP contribution is -2.37. The van der Waals surface area contributed by atoms with Gasteiger partial charge >= 0.3 is 0 Å². The third kappa shape index (κ3) is 2.92. The normalized spacial score (nSPS) is 19.8. The van der Waals surface area contributed by atoms with E-state index >= 15 is 0 Å². The molecule has 1 aliphatic carbocycles. The molecule has 0 heterocycles. The van der Waals surface area contributed by atoms with Crippen LogP contribution in [0.25, 0.3) is 0 Å². The van der Waals surface area contributed by atoms with Crippen molar-refractivity contribution in [2.75, 3.05) is 17.7 Å². The quantitative estimate of drug-likeness (QED) is 0.808. The van der Waals surface area contributed by atoms with E-state index in [9.17, 15) is 0 Å². The van der Waals surface area contributed by atoms with E-state index < -0.39 is 0 Å². The summed E-state index contributed by atoms with van der Waals surface area (Å²) in [4.78, 5) is 2.30. The fourth-order valence-corrected chi connectivity index (χ4v) is 2.96. The Bertz CT molecular complexity index is 419. The fraction of sp³-hybridized carbons (Fsp3) is 0.600. The van der Waals surface area contributed by atoms with Gasteiger partial charge in [-0.25, -0.2) is 0 Å². The molecule has 0 atom stereocenters. The first kappa shape index (κ1) is 13.5. The molecule has 0 bridgehead atoms. The zero-order valence-corrected chi connectivity index (χ0v) is 12.3. The summed E-state index contributed by atoms with van der Waals surface area (Å²) in [5, 5.41) is 0.752. The molecule has 1 aromatic rings. The second kappa shape index (κ2) is 5.00. The Hall–Kier alpha value is -0.890. The van der Waals surface area contributed by atoms with Crippen LogP contribution in [0.3, 0.4) is 0 Å². The molecule has 18 heavy (non-hydrogen) atoms. The topological polar surface area (TPSA) is 29.3 Å². The molecule has 1 aromatic carbocycles. The van der Waals surface area contributed by atoms with Crippen molar-refractivity contribution in [3.8, 4) is 0 Å². The summed E-state index contributed by atoms with van der Waals surface area (Å²) in [7, 11) is 2.13. The summed E-state index contributed by atoms with van der Waals surface area (Å²) in [6, 6.07) is 6.29. The molecular formula is C15H23ClN2. The highest BCUT2D eigenvalue weighted by atomic mass is 35.5. The van der Waals surface area contributed by atoms with Crippen LogP contribution in [0.5, 0.6) is 0 Å². The van der Waals surface area contributed by atoms with E-state index in [1.165, 1.54) is 25.7 Å². The Morgan fingerprint density at radius 1 is 1.28 bits per heavy atom. The maximum Gasteiger partial charge on any atom is 0.0614 e. The molecule has 1 fully saturated rings. The average molecular weight is 267 g/mol. The molecule has 0 amide bonds. The number of nitrogens with two attached hydrogens (primary N) is 1. The van der Waals surface area contributed by atoms with Gasteiger partial charge in [-0.05, 0) is 49.3 Å². The van der Waals surface area contributed by atoms with Crippen LogP contribution in [0.15, 0.2) is 18.2 Å². The highest BCUT2D eigenvalue weighted by molar-refractivity contribution is 6.31. The number of hydrogen-bond acceptors (Lipinski definition) is 2. The van der Waals surface area contributed by atoms with Crippen molar-refractivity contribution in [1.82, 2.24) is 0 Å². The van der Waals surface area contributed by atoms with E-state index in [1.54, 1.807) is 0 Å². The lowest BCUT2D eigenvalue weighted by molar-refractivity contribution is 0.222. The van der Waals surface area contributed by atoms with Gasteiger partial charge in [-0.2, -0.15) is 0 Å². The summed E-state index contributed by atoms with van der Waals surface area (Å²) in [5.74, 6) is 0. The van der Waals surface area contributed by atoms with Crippen LogP contribution in [0.4, 0.5) is 11.4 Å². The van der Waals surface area contributed by atoms with Crippen LogP contribution in [-0.2, 0) is 0 Å². The molecule has 2 nitrogen and oxygen atoms in total. The Morgan fingerprint density at radius 2 is 1.89 bits per heavy atom. The van der Waals surface area contributed by atoms with Gasteiger partial charge < -0.3 is 10.6 Å². The smallest absolute Gasteiger partial charge is 0.0614 e. The SMILES string of the molecule is CN(c1cc(Cl)ccc1N)C1CCC(C)(C)CC1. The molecule has 0 radical (unpaired) electrons. The molecule has 3 heteroatoms. The molecule has 1 aliphatic rings. The summed E-state index contributed by atoms with van der Waals surface area (Å²) < 4.78 is 0. The molecule has 0 unspecified atom stereocenters. The minimum Gasteiger partial charge on any atom is -0.397 e. The Kier molecular flexibility index (Phi) is 3.76. The standard InChI is InChI=1S/C15H23ClN2/c1-15(2)8-6-12(7-9-15)18(3)14-10-11(16)4-5-13(14)17/h4-5,10,12H,6-9,17H2,1-3H3. The third-order valence-electron chi connectivity index (χ3n) is 4.23. The van der Waals surface area contributed by atoms with Crippen molar-refractivity contribution in [2.45, 2.75) is 45.6 Å². The summed E-state index contributed by atoms with van der Waals surface area (Å²) in [6.45, 7) is 4.72. The number of hydrogen-bond donors (Lipinski definition) is 1. The van der Waals surface area contributed by atoms with Gasteiger partial charge in [0.1, 0.15) is 0 Å². The fourth-order valence-electron chi connectivity index (χ4n) is 2.79. The maximum atomic E-state index is 6.06. The highest BCUT2D eigenvalue weighted by Gasteiger charge is 2.29. The predicted molar refractivity (Wildman–Crippen MR) is 80.3 cm³/mol. The van der Waals surface area contributed by atoms with Crippen molar-refractivity contribution in [2.24, 2.45) is 5.41 Å². The number of nitrogens with zero attached hydrogens (tertiary/aromatic N) is 1. The maximum absolute atomic E-state index is 6.06. The molecule has 2 rings (SSSR count). The van der Waals surface area contributed by atoms with Gasteiger partial charge in [0, 0.05) is 18.1 Å². The first-order chi connectivity index (χ1) is 8.39. The van der Waals surface area contributed by atoms with Gasteiger partial charge in [0.15, 0.2) is 0 Å². The number of nitrogen functional groups attached to an aromatic ring is 1. The van der Waals surface area contributed by atoms with Crippen LogP contribution in [-0.4, -0.2) is 13.1 Å². The summed E-state index contributed by atoms with van der Waals surface area (Å²) in [5.41, 5.74) is 8.42. The molecule has 0 aliphatic heterocycles. The number of rotatable bonds is 2. The van der Waals surface area contributed by atoms with Gasteiger partial charge in [-0.15, -0.1) is 0 Å². The van der Waals surface area contributed by atoms with Crippen LogP contribution in [0.1, 0.15) is 39.5 Å². The second-order valence-electron chi connectivity index (χ2n) is 6.21. The molecule has 0 spiro atoms. The van der Waals surface area contributed by atoms with Gasteiger partial charge in [-0.3, -0.25) is 0 Å². The van der Waals surface area contributed by atoms with Crippen LogP contribution >= 0.6 is 11.6 Å². The van der Waals surface area contributed by atoms with Crippen LogP contribution < -0.4 is 10.6 Å². The average Bonchev–Trinajstić information content (AvgIpc) is 2.31. The monoisotopic (exact) mass is 266 g/mol. The summed E-state index contributed by atoms with van der Waals surface area (Å²) in [6.07, 6.45) is 5.02. The van der Waals surface area contributed by atoms with Gasteiger partial charge in [0.25, 0.3) is 0 Å². The zero-order chi connectivity index (χ0) is 13.3. The number of halogens is 1. The van der Waals surface area contributed by atoms with Crippen LogP contribution in [0, 0.1) is 5.41 Å². The molecule has 2 N–H and O–H groups in total. The second-order valence-corrected chi connectivity index (χ2v) is 6.65. The van der Waals surface area contributed by atoms with Crippen molar-refractivity contribution in [1.29, 1.82) is 0 Å². The zero-order valence-electron chi connectivity index (χ0n) is 11.5. The van der Waals surface area contributed by atoms with E-state index in [2.05, 4.69) is 25.8 Å². The van der Waals surface area contributed by atoms with Gasteiger partial charge in [0.2, 0.25) is 0 Å². The van der Waals surface area contributed by atoms with Crippen molar-refractivity contribution < 1.29 is 0 Å².